The Bertz CT molecular complexity index is 445. The summed E-state index contributed by atoms with van der Waals surface area (Å²) in [4.78, 5) is 13.5. The van der Waals surface area contributed by atoms with Crippen molar-refractivity contribution in [1.29, 1.82) is 0 Å². The normalized spacial score (nSPS) is 14.3. The van der Waals surface area contributed by atoms with Crippen LogP contribution in [0.25, 0.3) is 0 Å². The summed E-state index contributed by atoms with van der Waals surface area (Å²) in [6.45, 7) is 5.39. The van der Waals surface area contributed by atoms with Gasteiger partial charge in [-0.05, 0) is 37.0 Å². The number of benzene rings is 1. The van der Waals surface area contributed by atoms with Crippen LogP contribution >= 0.6 is 0 Å². The first kappa shape index (κ1) is 13.9. The summed E-state index contributed by atoms with van der Waals surface area (Å²) < 4.78 is 5.52. The Kier molecular flexibility index (Phi) is 4.80. The molecule has 1 N–H and O–H groups in total. The molecule has 0 bridgehead atoms. The summed E-state index contributed by atoms with van der Waals surface area (Å²) in [6.07, 6.45) is 2.88. The summed E-state index contributed by atoms with van der Waals surface area (Å²) in [5.41, 5.74) is 2.47. The second-order valence-corrected chi connectivity index (χ2v) is 4.81. The highest BCUT2D eigenvalue weighted by atomic mass is 16.5. The van der Waals surface area contributed by atoms with E-state index < -0.39 is 5.97 Å². The first-order valence-corrected chi connectivity index (χ1v) is 6.92. The number of hydrogen-bond donors (Lipinski definition) is 1. The topological polar surface area (TPSA) is 49.8 Å². The van der Waals surface area contributed by atoms with Gasteiger partial charge in [-0.25, -0.2) is 4.79 Å². The van der Waals surface area contributed by atoms with Crippen LogP contribution in [-0.4, -0.2) is 37.4 Å². The molecule has 4 nitrogen and oxygen atoms in total. The van der Waals surface area contributed by atoms with Gasteiger partial charge in [-0.15, -0.1) is 0 Å². The molecular formula is C15H21NO3. The number of nitrogens with zero attached hydrogens (tertiary/aromatic N) is 1. The van der Waals surface area contributed by atoms with Gasteiger partial charge in [0.25, 0.3) is 0 Å². The van der Waals surface area contributed by atoms with Crippen LogP contribution in [0.15, 0.2) is 18.2 Å². The minimum absolute atomic E-state index is 0.441. The van der Waals surface area contributed by atoms with Gasteiger partial charge in [-0.2, -0.15) is 0 Å². The SMILES string of the molecule is CCCOCCN1CCCc2c(C(=O)O)cccc21. The van der Waals surface area contributed by atoms with Crippen LogP contribution in [0, 0.1) is 0 Å². The summed E-state index contributed by atoms with van der Waals surface area (Å²) in [7, 11) is 0. The molecule has 1 aromatic carbocycles. The number of anilines is 1. The lowest BCUT2D eigenvalue weighted by atomic mass is 9.96. The quantitative estimate of drug-likeness (QED) is 0.801. The van der Waals surface area contributed by atoms with Gasteiger partial charge in [-0.3, -0.25) is 0 Å². The second-order valence-electron chi connectivity index (χ2n) is 4.81. The number of rotatable bonds is 6. The number of hydrogen-bond acceptors (Lipinski definition) is 3. The van der Waals surface area contributed by atoms with E-state index in [1.54, 1.807) is 6.07 Å². The molecule has 19 heavy (non-hydrogen) atoms. The van der Waals surface area contributed by atoms with Gasteiger partial charge in [0.05, 0.1) is 12.2 Å². The van der Waals surface area contributed by atoms with Crippen molar-refractivity contribution >= 4 is 11.7 Å². The lowest BCUT2D eigenvalue weighted by Crippen LogP contribution is -2.33. The van der Waals surface area contributed by atoms with Crippen LogP contribution in [0.1, 0.15) is 35.7 Å². The zero-order valence-corrected chi connectivity index (χ0v) is 11.4. The maximum atomic E-state index is 11.2. The Morgan fingerprint density at radius 3 is 3.00 bits per heavy atom. The predicted octanol–water partition coefficient (Wildman–Crippen LogP) is 2.56. The molecule has 0 amide bonds. The highest BCUT2D eigenvalue weighted by Gasteiger charge is 2.21. The smallest absolute Gasteiger partial charge is 0.336 e. The summed E-state index contributed by atoms with van der Waals surface area (Å²) in [5, 5.41) is 9.23. The minimum atomic E-state index is -0.832. The summed E-state index contributed by atoms with van der Waals surface area (Å²) in [5.74, 6) is -0.832. The maximum absolute atomic E-state index is 11.2. The highest BCUT2D eigenvalue weighted by Crippen LogP contribution is 2.29. The van der Waals surface area contributed by atoms with E-state index in [9.17, 15) is 9.90 Å². The van der Waals surface area contributed by atoms with Crippen LogP contribution in [0.2, 0.25) is 0 Å². The van der Waals surface area contributed by atoms with Crippen molar-refractivity contribution in [3.8, 4) is 0 Å². The molecule has 0 unspecified atom stereocenters. The molecule has 1 aromatic rings. The summed E-state index contributed by atoms with van der Waals surface area (Å²) in [6, 6.07) is 5.53. The van der Waals surface area contributed by atoms with Crippen molar-refractivity contribution in [2.24, 2.45) is 0 Å². The number of ether oxygens (including phenoxy) is 1. The molecule has 0 saturated heterocycles. The highest BCUT2D eigenvalue weighted by molar-refractivity contribution is 5.91. The van der Waals surface area contributed by atoms with Gasteiger partial charge in [0.15, 0.2) is 0 Å². The summed E-state index contributed by atoms with van der Waals surface area (Å²) >= 11 is 0. The lowest BCUT2D eigenvalue weighted by molar-refractivity contribution is 0.0695. The van der Waals surface area contributed by atoms with Crippen LogP contribution in [0.3, 0.4) is 0 Å². The van der Waals surface area contributed by atoms with Crippen molar-refractivity contribution < 1.29 is 14.6 Å². The van der Waals surface area contributed by atoms with Crippen molar-refractivity contribution in [3.63, 3.8) is 0 Å². The van der Waals surface area contributed by atoms with Gasteiger partial charge in [0.1, 0.15) is 0 Å². The molecular weight excluding hydrogens is 242 g/mol. The zero-order valence-electron chi connectivity index (χ0n) is 11.4. The zero-order chi connectivity index (χ0) is 13.7. The number of carboxylic acid groups (broad SMARTS) is 1. The number of carbonyl (C=O) groups is 1. The second kappa shape index (κ2) is 6.57. The Labute approximate surface area is 114 Å². The van der Waals surface area contributed by atoms with E-state index in [1.165, 1.54) is 0 Å². The van der Waals surface area contributed by atoms with Gasteiger partial charge in [0.2, 0.25) is 0 Å². The molecule has 4 heteroatoms. The molecule has 0 saturated carbocycles. The average Bonchev–Trinajstić information content (AvgIpc) is 2.43. The van der Waals surface area contributed by atoms with E-state index >= 15 is 0 Å². The van der Waals surface area contributed by atoms with Crippen LogP contribution < -0.4 is 4.90 Å². The fourth-order valence-electron chi connectivity index (χ4n) is 2.55. The van der Waals surface area contributed by atoms with Gasteiger partial charge in [-0.1, -0.05) is 13.0 Å². The molecule has 1 aliphatic rings. The third-order valence-corrected chi connectivity index (χ3v) is 3.43. The molecule has 0 aromatic heterocycles. The van der Waals surface area contributed by atoms with Gasteiger partial charge in [0, 0.05) is 25.4 Å². The average molecular weight is 263 g/mol. The molecule has 0 atom stereocenters. The van der Waals surface area contributed by atoms with E-state index in [0.717, 1.165) is 50.2 Å². The molecule has 2 rings (SSSR count). The Balaban J connectivity index is 2.11. The Morgan fingerprint density at radius 1 is 1.42 bits per heavy atom. The third-order valence-electron chi connectivity index (χ3n) is 3.43. The molecule has 1 heterocycles. The lowest BCUT2D eigenvalue weighted by Gasteiger charge is -2.32. The fraction of sp³-hybridized carbons (Fsp3) is 0.533. The van der Waals surface area contributed by atoms with E-state index in [2.05, 4.69) is 11.8 Å². The van der Waals surface area contributed by atoms with E-state index in [0.29, 0.717) is 12.2 Å². The first-order valence-electron chi connectivity index (χ1n) is 6.92. The van der Waals surface area contributed by atoms with Crippen molar-refractivity contribution in [2.75, 3.05) is 31.2 Å². The number of aromatic carboxylic acids is 1. The molecule has 0 fully saturated rings. The van der Waals surface area contributed by atoms with Crippen molar-refractivity contribution in [2.45, 2.75) is 26.2 Å². The standard InChI is InChI=1S/C15H21NO3/c1-2-10-19-11-9-16-8-4-6-12-13(15(17)18)5-3-7-14(12)16/h3,5,7H,2,4,6,8-11H2,1H3,(H,17,18). The van der Waals surface area contributed by atoms with Crippen LogP contribution in [0.4, 0.5) is 5.69 Å². The number of carboxylic acids is 1. The van der Waals surface area contributed by atoms with E-state index in [1.807, 2.05) is 12.1 Å². The van der Waals surface area contributed by atoms with E-state index in [4.69, 9.17) is 4.74 Å². The van der Waals surface area contributed by atoms with Crippen LogP contribution in [-0.2, 0) is 11.2 Å². The molecule has 0 radical (unpaired) electrons. The third kappa shape index (κ3) is 3.26. The Hall–Kier alpha value is -1.55. The van der Waals surface area contributed by atoms with Crippen molar-refractivity contribution in [1.82, 2.24) is 0 Å². The van der Waals surface area contributed by atoms with E-state index in [-0.39, 0.29) is 0 Å². The minimum Gasteiger partial charge on any atom is -0.478 e. The first-order chi connectivity index (χ1) is 9.24. The largest absolute Gasteiger partial charge is 0.478 e. The molecule has 0 aliphatic carbocycles. The van der Waals surface area contributed by atoms with Crippen molar-refractivity contribution in [3.05, 3.63) is 29.3 Å². The molecule has 1 aliphatic heterocycles. The molecule has 104 valence electrons. The fourth-order valence-corrected chi connectivity index (χ4v) is 2.55. The Morgan fingerprint density at radius 2 is 2.26 bits per heavy atom. The van der Waals surface area contributed by atoms with Gasteiger partial charge >= 0.3 is 5.97 Å². The predicted molar refractivity (Wildman–Crippen MR) is 75.0 cm³/mol. The molecule has 0 spiro atoms. The maximum Gasteiger partial charge on any atom is 0.336 e. The number of fused-ring (bicyclic) bond motifs is 1. The van der Waals surface area contributed by atoms with Gasteiger partial charge < -0.3 is 14.7 Å². The van der Waals surface area contributed by atoms with Crippen LogP contribution in [0.5, 0.6) is 0 Å². The monoisotopic (exact) mass is 263 g/mol.